The van der Waals surface area contributed by atoms with Gasteiger partial charge in [-0.15, -0.1) is 0 Å². The molecule has 2 heterocycles. The van der Waals surface area contributed by atoms with Crippen molar-refractivity contribution < 1.29 is 47.0 Å². The molecule has 246 valence electrons. The summed E-state index contributed by atoms with van der Waals surface area (Å²) in [4.78, 5) is 10.1. The number of phenolic OH excluding ortho intramolecular Hbond substituents is 4. The second-order valence-electron chi connectivity index (χ2n) is 11.5. The van der Waals surface area contributed by atoms with Crippen LogP contribution in [-0.2, 0) is 39.7 Å². The summed E-state index contributed by atoms with van der Waals surface area (Å²) in [6.45, 7) is 0.0855. The fourth-order valence-electron chi connectivity index (χ4n) is 6.01. The van der Waals surface area contributed by atoms with Crippen LogP contribution in [0.1, 0.15) is 33.9 Å². The zero-order valence-electron chi connectivity index (χ0n) is 25.0. The molecule has 0 amide bonds. The highest BCUT2D eigenvalue weighted by molar-refractivity contribution is 7.89. The van der Waals surface area contributed by atoms with Crippen molar-refractivity contribution in [3.8, 4) is 34.5 Å². The largest absolute Gasteiger partial charge is 0.508 e. The van der Waals surface area contributed by atoms with Crippen molar-refractivity contribution in [2.75, 3.05) is 0 Å². The minimum Gasteiger partial charge on any atom is -0.508 e. The number of phenols is 4. The monoisotopic (exact) mass is 688 g/mol. The highest BCUT2D eigenvalue weighted by atomic mass is 32.2. The SMILES string of the molecule is O=S(=O)(c1cc(O)cc(OOc2cc(O)cc(S(=O)(=O)N3Cc4ccc(O)cc4C3c3ccccc3)c2)c1)N1Cc2ccc(O)cc2C1. The standard InChI is InChI=1S/C34H28N2O10S2/c37-25-8-6-22-18-35(19-24(22)10-25)47(41,42)31-13-27(39)11-29(16-31)45-46-30-12-28(40)14-32(17-30)48(43,44)36-20-23-7-9-26(38)15-33(23)34(36)21-4-2-1-3-5-21/h1-17,34,37-40H,18-20H2. The topological polar surface area (TPSA) is 174 Å². The van der Waals surface area contributed by atoms with Gasteiger partial charge in [0.25, 0.3) is 0 Å². The molecule has 0 saturated heterocycles. The highest BCUT2D eigenvalue weighted by Gasteiger charge is 2.40. The Morgan fingerprint density at radius 3 is 1.75 bits per heavy atom. The van der Waals surface area contributed by atoms with E-state index in [0.29, 0.717) is 22.3 Å². The normalized spacial score (nSPS) is 16.4. The minimum atomic E-state index is -4.30. The number of hydrogen-bond donors (Lipinski definition) is 4. The number of benzene rings is 5. The molecule has 0 spiro atoms. The Balaban J connectivity index is 1.14. The van der Waals surface area contributed by atoms with Crippen LogP contribution in [0, 0.1) is 0 Å². The molecule has 1 unspecified atom stereocenters. The fraction of sp³-hybridized carbons (Fsp3) is 0.118. The number of nitrogens with zero attached hydrogens (tertiary/aromatic N) is 2. The molecular formula is C34H28N2O10S2. The summed E-state index contributed by atoms with van der Waals surface area (Å²) in [6.07, 6.45) is 0. The zero-order chi connectivity index (χ0) is 33.8. The third kappa shape index (κ3) is 5.75. The molecule has 0 aromatic heterocycles. The first-order valence-corrected chi connectivity index (χ1v) is 17.5. The van der Waals surface area contributed by atoms with Crippen molar-refractivity contribution in [3.63, 3.8) is 0 Å². The molecule has 0 fully saturated rings. The summed E-state index contributed by atoms with van der Waals surface area (Å²) in [5.41, 5.74) is 3.39. The second kappa shape index (κ2) is 11.8. The van der Waals surface area contributed by atoms with Crippen molar-refractivity contribution in [3.05, 3.63) is 131 Å². The van der Waals surface area contributed by atoms with Crippen LogP contribution in [0.2, 0.25) is 0 Å². The third-order valence-electron chi connectivity index (χ3n) is 8.24. The fourth-order valence-corrected chi connectivity index (χ4v) is 9.09. The van der Waals surface area contributed by atoms with E-state index >= 15 is 0 Å². The van der Waals surface area contributed by atoms with Gasteiger partial charge in [0.1, 0.15) is 23.0 Å². The smallest absolute Gasteiger partial charge is 0.244 e. The van der Waals surface area contributed by atoms with Crippen molar-refractivity contribution in [2.24, 2.45) is 0 Å². The molecule has 0 saturated carbocycles. The maximum Gasteiger partial charge on any atom is 0.244 e. The predicted octanol–water partition coefficient (Wildman–Crippen LogP) is 4.88. The van der Waals surface area contributed by atoms with Crippen LogP contribution >= 0.6 is 0 Å². The molecule has 12 nitrogen and oxygen atoms in total. The van der Waals surface area contributed by atoms with Crippen LogP contribution in [0.5, 0.6) is 34.5 Å². The molecule has 0 bridgehead atoms. The lowest BCUT2D eigenvalue weighted by atomic mass is 9.98. The molecule has 5 aromatic carbocycles. The molecule has 1 atom stereocenters. The van der Waals surface area contributed by atoms with E-state index in [4.69, 9.17) is 9.78 Å². The van der Waals surface area contributed by atoms with Gasteiger partial charge >= 0.3 is 0 Å². The van der Waals surface area contributed by atoms with Crippen LogP contribution in [0.25, 0.3) is 0 Å². The van der Waals surface area contributed by atoms with E-state index in [1.54, 1.807) is 36.4 Å². The first-order valence-electron chi connectivity index (χ1n) is 14.6. The highest BCUT2D eigenvalue weighted by Crippen LogP contribution is 2.44. The summed E-state index contributed by atoms with van der Waals surface area (Å²) in [7, 11) is -8.42. The van der Waals surface area contributed by atoms with Gasteiger partial charge in [-0.05, 0) is 52.1 Å². The van der Waals surface area contributed by atoms with Crippen LogP contribution in [-0.4, -0.2) is 45.9 Å². The van der Waals surface area contributed by atoms with Crippen molar-refractivity contribution in [1.29, 1.82) is 0 Å². The number of hydrogen-bond acceptors (Lipinski definition) is 10. The van der Waals surface area contributed by atoms with Gasteiger partial charge in [-0.25, -0.2) is 16.8 Å². The van der Waals surface area contributed by atoms with E-state index in [2.05, 4.69) is 0 Å². The lowest BCUT2D eigenvalue weighted by Crippen LogP contribution is -2.30. The number of rotatable bonds is 8. The average molecular weight is 689 g/mol. The van der Waals surface area contributed by atoms with E-state index in [1.165, 1.54) is 32.9 Å². The van der Waals surface area contributed by atoms with Crippen LogP contribution in [0.15, 0.2) is 113 Å². The summed E-state index contributed by atoms with van der Waals surface area (Å²) in [6, 6.07) is 24.1. The Kier molecular flexibility index (Phi) is 7.67. The second-order valence-corrected chi connectivity index (χ2v) is 15.3. The average Bonchev–Trinajstić information content (AvgIpc) is 3.66. The van der Waals surface area contributed by atoms with Crippen LogP contribution in [0.4, 0.5) is 0 Å². The van der Waals surface area contributed by atoms with Crippen molar-refractivity contribution in [2.45, 2.75) is 35.5 Å². The van der Waals surface area contributed by atoms with Gasteiger partial charge in [-0.1, -0.05) is 42.5 Å². The Hall–Kier alpha value is -5.28. The molecule has 4 N–H and O–H groups in total. The Bertz CT molecular complexity index is 2280. The van der Waals surface area contributed by atoms with Gasteiger partial charge in [-0.2, -0.15) is 8.61 Å². The van der Waals surface area contributed by atoms with Gasteiger partial charge in [0.2, 0.25) is 20.0 Å². The summed E-state index contributed by atoms with van der Waals surface area (Å²) in [5.74, 6) is -1.30. The van der Waals surface area contributed by atoms with Crippen molar-refractivity contribution >= 4 is 20.0 Å². The van der Waals surface area contributed by atoms with Gasteiger partial charge < -0.3 is 20.4 Å². The Labute approximate surface area is 275 Å². The molecule has 48 heavy (non-hydrogen) atoms. The molecule has 5 aromatic rings. The maximum absolute atomic E-state index is 14.1. The number of sulfonamides is 2. The van der Waals surface area contributed by atoms with E-state index in [-0.39, 0.29) is 52.4 Å². The lowest BCUT2D eigenvalue weighted by Gasteiger charge is -2.25. The molecule has 0 radical (unpaired) electrons. The third-order valence-corrected chi connectivity index (χ3v) is 11.8. The molecule has 14 heteroatoms. The van der Waals surface area contributed by atoms with Gasteiger partial charge in [0.15, 0.2) is 11.5 Å². The van der Waals surface area contributed by atoms with Gasteiger partial charge in [-0.3, -0.25) is 9.78 Å². The van der Waals surface area contributed by atoms with Gasteiger partial charge in [0.05, 0.1) is 15.8 Å². The zero-order valence-corrected chi connectivity index (χ0v) is 26.6. The Morgan fingerprint density at radius 2 is 1.10 bits per heavy atom. The minimum absolute atomic E-state index is 0.00363. The molecular weight excluding hydrogens is 661 g/mol. The van der Waals surface area contributed by atoms with Crippen molar-refractivity contribution in [1.82, 2.24) is 8.61 Å². The maximum atomic E-state index is 14.1. The molecule has 2 aliphatic rings. The van der Waals surface area contributed by atoms with E-state index in [1.807, 2.05) is 6.07 Å². The van der Waals surface area contributed by atoms with E-state index in [9.17, 15) is 37.3 Å². The van der Waals surface area contributed by atoms with Crippen LogP contribution < -0.4 is 9.78 Å². The van der Waals surface area contributed by atoms with Crippen LogP contribution in [0.3, 0.4) is 0 Å². The quantitative estimate of drug-likeness (QED) is 0.130. The first kappa shape index (κ1) is 31.3. The predicted molar refractivity (Wildman–Crippen MR) is 171 cm³/mol. The Morgan fingerprint density at radius 1 is 0.542 bits per heavy atom. The molecule has 0 aliphatic carbocycles. The van der Waals surface area contributed by atoms with Gasteiger partial charge in [0, 0.05) is 56.0 Å². The van der Waals surface area contributed by atoms with E-state index < -0.39 is 37.6 Å². The number of fused-ring (bicyclic) bond motifs is 2. The molecule has 2 aliphatic heterocycles. The molecule has 7 rings (SSSR count). The summed E-state index contributed by atoms with van der Waals surface area (Å²) in [5, 5.41) is 40.8. The van der Waals surface area contributed by atoms with E-state index in [0.717, 1.165) is 42.0 Å². The first-order chi connectivity index (χ1) is 22.9. The summed E-state index contributed by atoms with van der Waals surface area (Å²) < 4.78 is 57.6. The lowest BCUT2D eigenvalue weighted by molar-refractivity contribution is -0.101. The number of aromatic hydroxyl groups is 4. The summed E-state index contributed by atoms with van der Waals surface area (Å²) >= 11 is 0.